The van der Waals surface area contributed by atoms with Gasteiger partial charge in [0.1, 0.15) is 17.6 Å². The second-order valence-electron chi connectivity index (χ2n) is 20.1. The van der Waals surface area contributed by atoms with Gasteiger partial charge in [-0.15, -0.1) is 0 Å². The van der Waals surface area contributed by atoms with E-state index < -0.39 is 95.4 Å². The first kappa shape index (κ1) is 49.5. The molecule has 6 rings (SSSR count). The maximum absolute atomic E-state index is 14.7. The summed E-state index contributed by atoms with van der Waals surface area (Å²) in [6, 6.07) is 8.22. The van der Waals surface area contributed by atoms with E-state index in [2.05, 4.69) is 33.0 Å². The number of carboxylic acids is 1. The van der Waals surface area contributed by atoms with Crippen LogP contribution in [-0.4, -0.2) is 105 Å². The zero-order valence-electron chi connectivity index (χ0n) is 39.4. The molecule has 0 saturated carbocycles. The largest absolute Gasteiger partial charge is 0.481 e. The summed E-state index contributed by atoms with van der Waals surface area (Å²) in [4.78, 5) is 40.1. The topological polar surface area (TPSA) is 179 Å². The quantitative estimate of drug-likeness (QED) is 0.125. The lowest BCUT2D eigenvalue weighted by Crippen LogP contribution is -2.62. The molecular weight excluding hydrogens is 807 g/mol. The number of hydrogen-bond acceptors (Lipinski definition) is 11. The first-order valence-corrected chi connectivity index (χ1v) is 24.0. The Morgan fingerprint density at radius 2 is 1.57 bits per heavy atom. The third-order valence-electron chi connectivity index (χ3n) is 15.9. The molecule has 354 valence electrons. The number of carbonyl (C=O) groups excluding carboxylic acids is 2. The van der Waals surface area contributed by atoms with Crippen LogP contribution in [0.3, 0.4) is 0 Å². The summed E-state index contributed by atoms with van der Waals surface area (Å²) in [5.74, 6) is -4.21. The number of Topliss-reactive ketones (excluding diaryl/α,β-unsaturated/α-hetero) is 1. The van der Waals surface area contributed by atoms with Gasteiger partial charge in [-0.05, 0) is 108 Å². The molecule has 13 heteroatoms. The fourth-order valence-electron chi connectivity index (χ4n) is 11.6. The molecule has 0 bridgehead atoms. The van der Waals surface area contributed by atoms with E-state index in [1.54, 1.807) is 31.2 Å². The van der Waals surface area contributed by atoms with E-state index in [0.717, 1.165) is 6.42 Å². The standard InChI is InChI=1S/C50H77NO12/c1-11-35(46(54)55)38-20-19-28(4)43(60-38)32(8)41(52)31(7)42(53)36(12-2)44-29(5)27-30(6)50(62-44)26-21-37(51-47(56)59-34-17-15-14-16-18-34)45(63-50)39-22-24-48(10,61-39)40-23-25-49(57,13-3)33(9)58-40/h14-18,21,26,28-33,35-41,43-45,52,57H,11-13,19-20,22-25,27H2,1-10H3,(H,51,56)(H,54,55)/t28-,29-,30+,31-,32-,33-,35+,36-,37+,38+,39?,40+,41+,43+,44-,45?,48-,49+,50-/m0/s1. The minimum absolute atomic E-state index is 0.0175. The highest BCUT2D eigenvalue weighted by atomic mass is 16.7. The van der Waals surface area contributed by atoms with E-state index in [9.17, 15) is 29.7 Å². The Labute approximate surface area is 375 Å². The van der Waals surface area contributed by atoms with Gasteiger partial charge in [0.05, 0.1) is 65.9 Å². The van der Waals surface area contributed by atoms with Gasteiger partial charge in [0, 0.05) is 23.7 Å². The number of ketones is 1. The molecule has 4 N–H and O–H groups in total. The monoisotopic (exact) mass is 884 g/mol. The van der Waals surface area contributed by atoms with Crippen molar-refractivity contribution in [2.45, 2.75) is 205 Å². The van der Waals surface area contributed by atoms with Gasteiger partial charge in [0.15, 0.2) is 5.79 Å². The summed E-state index contributed by atoms with van der Waals surface area (Å²) in [5, 5.41) is 35.9. The van der Waals surface area contributed by atoms with E-state index in [0.29, 0.717) is 63.5 Å². The number of aliphatic hydroxyl groups excluding tert-OH is 1. The van der Waals surface area contributed by atoms with E-state index >= 15 is 0 Å². The van der Waals surface area contributed by atoms with Crippen molar-refractivity contribution in [1.29, 1.82) is 0 Å². The van der Waals surface area contributed by atoms with Crippen molar-refractivity contribution >= 4 is 17.8 Å². The summed E-state index contributed by atoms with van der Waals surface area (Å²) in [6.07, 6.45) is 5.21. The number of aliphatic hydroxyl groups is 2. The van der Waals surface area contributed by atoms with Gasteiger partial charge in [-0.25, -0.2) is 4.79 Å². The van der Waals surface area contributed by atoms with Gasteiger partial charge in [0.2, 0.25) is 0 Å². The van der Waals surface area contributed by atoms with E-state index in [1.165, 1.54) is 0 Å². The second kappa shape index (κ2) is 20.3. The van der Waals surface area contributed by atoms with Crippen LogP contribution in [0.4, 0.5) is 4.79 Å². The van der Waals surface area contributed by atoms with Crippen LogP contribution in [0.15, 0.2) is 42.5 Å². The number of benzene rings is 1. The number of para-hydroxylation sites is 1. The van der Waals surface area contributed by atoms with Gasteiger partial charge in [-0.2, -0.15) is 0 Å². The molecule has 63 heavy (non-hydrogen) atoms. The van der Waals surface area contributed by atoms with Crippen LogP contribution in [0.2, 0.25) is 0 Å². The summed E-state index contributed by atoms with van der Waals surface area (Å²) in [7, 11) is 0. The molecule has 13 nitrogen and oxygen atoms in total. The van der Waals surface area contributed by atoms with Gasteiger partial charge < -0.3 is 49.1 Å². The second-order valence-corrected chi connectivity index (χ2v) is 20.1. The SMILES string of the molecule is CC[C@@H](C(=O)[C@@H](C)[C@@H](O)[C@H](C)[C@@H]1O[C@@H]([C@@H](CC)C(=O)O)CC[C@@H]1C)[C@H]1O[C@]2(C=C[C@@H](NC(=O)Oc3ccccc3)C(C3CC[C@@](C)([C@H]4CC[C@](O)(CC)[C@H](C)O4)O3)O2)[C@H](C)C[C@@H]1C. The zero-order chi connectivity index (χ0) is 46.0. The fourth-order valence-corrected chi connectivity index (χ4v) is 11.6. The molecule has 4 saturated heterocycles. The van der Waals surface area contributed by atoms with Crippen molar-refractivity contribution in [3.8, 4) is 5.75 Å². The lowest BCUT2D eigenvalue weighted by atomic mass is 9.72. The van der Waals surface area contributed by atoms with Crippen molar-refractivity contribution in [2.75, 3.05) is 0 Å². The normalized spacial score (nSPS) is 40.7. The number of ether oxygens (including phenoxy) is 6. The Balaban J connectivity index is 1.22. The molecule has 0 aliphatic carbocycles. The number of aliphatic carboxylic acids is 1. The number of carbonyl (C=O) groups is 3. The molecule has 0 aromatic heterocycles. The molecular formula is C50H77NO12. The van der Waals surface area contributed by atoms with E-state index in [1.807, 2.05) is 52.8 Å². The molecule has 1 aromatic rings. The maximum atomic E-state index is 14.7. The van der Waals surface area contributed by atoms with E-state index in [4.69, 9.17) is 28.4 Å². The molecule has 5 aliphatic rings. The number of nitrogens with one attached hydrogen (secondary N) is 1. The Kier molecular flexibility index (Phi) is 16.0. The highest BCUT2D eigenvalue weighted by Crippen LogP contribution is 2.49. The Morgan fingerprint density at radius 3 is 2.21 bits per heavy atom. The van der Waals surface area contributed by atoms with Crippen LogP contribution >= 0.6 is 0 Å². The third-order valence-corrected chi connectivity index (χ3v) is 15.9. The average molecular weight is 884 g/mol. The van der Waals surface area contributed by atoms with Crippen molar-refractivity contribution < 1.29 is 58.1 Å². The molecule has 4 fully saturated rings. The number of amides is 1. The van der Waals surface area contributed by atoms with Crippen LogP contribution in [0.5, 0.6) is 5.75 Å². The molecule has 5 heterocycles. The smallest absolute Gasteiger partial charge is 0.413 e. The van der Waals surface area contributed by atoms with Crippen molar-refractivity contribution in [3.63, 3.8) is 0 Å². The van der Waals surface area contributed by atoms with Crippen LogP contribution in [-0.2, 0) is 33.3 Å². The van der Waals surface area contributed by atoms with Crippen LogP contribution in [0, 0.1) is 41.4 Å². The van der Waals surface area contributed by atoms with Crippen molar-refractivity contribution in [1.82, 2.24) is 5.32 Å². The summed E-state index contributed by atoms with van der Waals surface area (Å²) < 4.78 is 39.9. The van der Waals surface area contributed by atoms with Crippen molar-refractivity contribution in [2.24, 2.45) is 41.4 Å². The fraction of sp³-hybridized carbons (Fsp3) is 0.780. The molecule has 2 unspecified atom stereocenters. The first-order chi connectivity index (χ1) is 29.8. The first-order valence-electron chi connectivity index (χ1n) is 24.0. The third kappa shape index (κ3) is 10.4. The van der Waals surface area contributed by atoms with Crippen LogP contribution in [0.1, 0.15) is 133 Å². The number of rotatable bonds is 15. The number of hydrogen-bond donors (Lipinski definition) is 4. The minimum Gasteiger partial charge on any atom is -0.481 e. The molecule has 1 amide bonds. The lowest BCUT2D eigenvalue weighted by molar-refractivity contribution is -0.327. The highest BCUT2D eigenvalue weighted by molar-refractivity contribution is 5.84. The Bertz CT molecular complexity index is 1740. The zero-order valence-corrected chi connectivity index (χ0v) is 39.4. The van der Waals surface area contributed by atoms with Crippen LogP contribution < -0.4 is 10.1 Å². The highest BCUT2D eigenvalue weighted by Gasteiger charge is 2.57. The minimum atomic E-state index is -1.25. The van der Waals surface area contributed by atoms with Crippen molar-refractivity contribution in [3.05, 3.63) is 42.5 Å². The Morgan fingerprint density at radius 1 is 0.873 bits per heavy atom. The van der Waals surface area contributed by atoms with Gasteiger partial charge in [-0.1, -0.05) is 79.7 Å². The summed E-state index contributed by atoms with van der Waals surface area (Å²) in [6.45, 7) is 19.7. The summed E-state index contributed by atoms with van der Waals surface area (Å²) >= 11 is 0. The van der Waals surface area contributed by atoms with Gasteiger partial charge in [0.25, 0.3) is 0 Å². The van der Waals surface area contributed by atoms with Gasteiger partial charge in [-0.3, -0.25) is 9.59 Å². The average Bonchev–Trinajstić information content (AvgIpc) is 3.67. The van der Waals surface area contributed by atoms with Crippen LogP contribution in [0.25, 0.3) is 0 Å². The van der Waals surface area contributed by atoms with Gasteiger partial charge >= 0.3 is 12.1 Å². The molecule has 19 atom stereocenters. The summed E-state index contributed by atoms with van der Waals surface area (Å²) in [5.41, 5.74) is -1.55. The van der Waals surface area contributed by atoms with E-state index in [-0.39, 0.29) is 35.7 Å². The Hall–Kier alpha value is -2.91. The molecule has 1 aromatic carbocycles. The molecule has 0 radical (unpaired) electrons. The number of carboxylic acid groups (broad SMARTS) is 1. The lowest BCUT2D eigenvalue weighted by Gasteiger charge is -2.52. The predicted octanol–water partition coefficient (Wildman–Crippen LogP) is 8.03. The predicted molar refractivity (Wildman–Crippen MR) is 237 cm³/mol. The molecule has 1 spiro atoms. The molecule has 5 aliphatic heterocycles. The maximum Gasteiger partial charge on any atom is 0.413 e.